The number of likely N-dealkylation sites (N-methyl/N-ethyl adjacent to an activating group) is 1. The molecule has 0 bridgehead atoms. The average molecular weight is 560 g/mol. The number of hydrogen-bond donors (Lipinski definition) is 4. The first-order valence-electron chi connectivity index (χ1n) is 14.0. The molecule has 3 fully saturated rings. The van der Waals surface area contributed by atoms with E-state index < -0.39 is 64.4 Å². The van der Waals surface area contributed by atoms with Crippen LogP contribution in [0.25, 0.3) is 11.1 Å². The van der Waals surface area contributed by atoms with Crippen molar-refractivity contribution < 1.29 is 34.2 Å². The fourth-order valence-electron chi connectivity index (χ4n) is 7.27. The minimum absolute atomic E-state index is 0.00407. The number of Topliss-reactive ketones (excluding diaryl/α,β-unsaturated/α-hetero) is 4. The normalized spacial score (nSPS) is 31.1. The SMILES string of the molecule is CN(C)[C@@H]1C(=O)C(C(N)=O)C(=O)[C@@]2(O)C(=O)C3C(=O)c4c(O)ccc(-c5cccc(CNC6CC6)c5)c4C[C@H]3C[C@@H]12. The van der Waals surface area contributed by atoms with Gasteiger partial charge in [-0.15, -0.1) is 0 Å². The number of aromatic hydroxyl groups is 1. The topological polar surface area (TPSA) is 167 Å². The summed E-state index contributed by atoms with van der Waals surface area (Å²) in [4.78, 5) is 68.2. The minimum Gasteiger partial charge on any atom is -0.507 e. The fraction of sp³-hybridized carbons (Fsp3) is 0.452. The van der Waals surface area contributed by atoms with Crippen LogP contribution in [0.1, 0.15) is 40.7 Å². The van der Waals surface area contributed by atoms with Gasteiger partial charge in [0.1, 0.15) is 5.75 Å². The number of benzene rings is 2. The second-order valence-corrected chi connectivity index (χ2v) is 12.1. The maximum Gasteiger partial charge on any atom is 0.235 e. The molecule has 4 aliphatic carbocycles. The van der Waals surface area contributed by atoms with Gasteiger partial charge in [0.15, 0.2) is 34.7 Å². The highest BCUT2D eigenvalue weighted by Gasteiger charge is 2.69. The summed E-state index contributed by atoms with van der Waals surface area (Å²) in [6.45, 7) is 0.706. The molecule has 0 saturated heterocycles. The molecule has 2 aromatic rings. The van der Waals surface area contributed by atoms with E-state index in [1.165, 1.54) is 23.8 Å². The van der Waals surface area contributed by atoms with E-state index in [-0.39, 0.29) is 24.2 Å². The number of carbonyl (C=O) groups is 5. The first kappa shape index (κ1) is 27.4. The lowest BCUT2D eigenvalue weighted by molar-refractivity contribution is -0.181. The van der Waals surface area contributed by atoms with E-state index in [9.17, 15) is 34.2 Å². The van der Waals surface area contributed by atoms with Gasteiger partial charge in [0.05, 0.1) is 17.5 Å². The lowest BCUT2D eigenvalue weighted by Crippen LogP contribution is -2.74. The highest BCUT2D eigenvalue weighted by Crippen LogP contribution is 2.51. The van der Waals surface area contributed by atoms with E-state index in [4.69, 9.17) is 5.73 Å². The number of hydrogen-bond acceptors (Lipinski definition) is 9. The van der Waals surface area contributed by atoms with Crippen LogP contribution < -0.4 is 11.1 Å². The third-order valence-electron chi connectivity index (χ3n) is 9.35. The Kier molecular flexibility index (Phi) is 6.48. The molecule has 2 unspecified atom stereocenters. The molecule has 2 aromatic carbocycles. The summed E-state index contributed by atoms with van der Waals surface area (Å²) < 4.78 is 0. The minimum atomic E-state index is -2.73. The van der Waals surface area contributed by atoms with Crippen molar-refractivity contribution in [2.45, 2.75) is 49.9 Å². The Bertz CT molecular complexity index is 1510. The molecule has 5 N–H and O–H groups in total. The Morgan fingerprint density at radius 3 is 2.49 bits per heavy atom. The largest absolute Gasteiger partial charge is 0.507 e. The number of nitrogens with two attached hydrogens (primary N) is 1. The number of aliphatic hydroxyl groups is 1. The number of primary amides is 1. The van der Waals surface area contributed by atoms with Crippen LogP contribution in [0.15, 0.2) is 36.4 Å². The lowest BCUT2D eigenvalue weighted by atomic mass is 9.52. The molecule has 0 spiro atoms. The Morgan fingerprint density at radius 1 is 1.10 bits per heavy atom. The summed E-state index contributed by atoms with van der Waals surface area (Å²) >= 11 is 0. The first-order chi connectivity index (χ1) is 19.4. The molecule has 3 saturated carbocycles. The van der Waals surface area contributed by atoms with Crippen molar-refractivity contribution in [3.8, 4) is 16.9 Å². The van der Waals surface area contributed by atoms with Crippen molar-refractivity contribution in [1.29, 1.82) is 0 Å². The van der Waals surface area contributed by atoms with E-state index >= 15 is 0 Å². The molecular formula is C31H33N3O7. The summed E-state index contributed by atoms with van der Waals surface area (Å²) in [6, 6.07) is 10.5. The molecule has 10 heteroatoms. The van der Waals surface area contributed by atoms with Gasteiger partial charge < -0.3 is 21.3 Å². The maximum absolute atomic E-state index is 14.0. The predicted molar refractivity (Wildman–Crippen MR) is 147 cm³/mol. The second-order valence-electron chi connectivity index (χ2n) is 12.1. The number of ketones is 4. The number of nitrogens with zero attached hydrogens (tertiary/aromatic N) is 1. The van der Waals surface area contributed by atoms with Crippen molar-refractivity contribution in [2.24, 2.45) is 29.4 Å². The van der Waals surface area contributed by atoms with Gasteiger partial charge >= 0.3 is 0 Å². The Balaban J connectivity index is 1.42. The molecule has 214 valence electrons. The quantitative estimate of drug-likeness (QED) is 0.374. The molecule has 6 atom stereocenters. The van der Waals surface area contributed by atoms with Gasteiger partial charge in [-0.3, -0.25) is 28.9 Å². The van der Waals surface area contributed by atoms with Crippen molar-refractivity contribution in [1.82, 2.24) is 10.2 Å². The van der Waals surface area contributed by atoms with Crippen LogP contribution in [0, 0.1) is 23.7 Å². The van der Waals surface area contributed by atoms with Crippen molar-refractivity contribution in [2.75, 3.05) is 14.1 Å². The number of fused-ring (bicyclic) bond motifs is 3. The van der Waals surface area contributed by atoms with Crippen LogP contribution in [0.4, 0.5) is 0 Å². The van der Waals surface area contributed by atoms with Crippen molar-refractivity contribution in [3.63, 3.8) is 0 Å². The van der Waals surface area contributed by atoms with Gasteiger partial charge in [0.2, 0.25) is 5.91 Å². The number of amides is 1. The third kappa shape index (κ3) is 4.15. The molecule has 6 rings (SSSR count). The zero-order valence-corrected chi connectivity index (χ0v) is 22.9. The van der Waals surface area contributed by atoms with Crippen LogP contribution in [0.5, 0.6) is 5.75 Å². The van der Waals surface area contributed by atoms with Gasteiger partial charge in [-0.25, -0.2) is 0 Å². The number of carbonyl (C=O) groups excluding carboxylic acids is 5. The maximum atomic E-state index is 14.0. The van der Waals surface area contributed by atoms with Crippen LogP contribution >= 0.6 is 0 Å². The molecule has 0 aromatic heterocycles. The van der Waals surface area contributed by atoms with E-state index in [0.717, 1.165) is 16.7 Å². The Labute approximate surface area is 236 Å². The summed E-state index contributed by atoms with van der Waals surface area (Å²) in [7, 11) is 3.13. The number of rotatable bonds is 6. The van der Waals surface area contributed by atoms with E-state index in [0.29, 0.717) is 18.2 Å². The van der Waals surface area contributed by atoms with E-state index in [1.54, 1.807) is 20.2 Å². The smallest absolute Gasteiger partial charge is 0.235 e. The highest BCUT2D eigenvalue weighted by atomic mass is 16.3. The Hall–Kier alpha value is -3.73. The zero-order chi connectivity index (χ0) is 29.4. The van der Waals surface area contributed by atoms with Gasteiger partial charge in [-0.2, -0.15) is 0 Å². The highest BCUT2D eigenvalue weighted by molar-refractivity contribution is 6.32. The molecule has 1 amide bonds. The summed E-state index contributed by atoms with van der Waals surface area (Å²) in [5, 5.41) is 26.0. The van der Waals surface area contributed by atoms with Crippen LogP contribution in [-0.4, -0.2) is 75.9 Å². The van der Waals surface area contributed by atoms with Gasteiger partial charge in [0, 0.05) is 18.5 Å². The Morgan fingerprint density at radius 2 is 1.83 bits per heavy atom. The van der Waals surface area contributed by atoms with Gasteiger partial charge in [-0.05, 0) is 80.1 Å². The average Bonchev–Trinajstić information content (AvgIpc) is 3.74. The number of phenols is 1. The summed E-state index contributed by atoms with van der Waals surface area (Å²) in [5.41, 5.74) is 5.91. The molecule has 0 radical (unpaired) electrons. The first-order valence-corrected chi connectivity index (χ1v) is 14.0. The molecular weight excluding hydrogens is 526 g/mol. The van der Waals surface area contributed by atoms with E-state index in [2.05, 4.69) is 5.32 Å². The van der Waals surface area contributed by atoms with Crippen molar-refractivity contribution in [3.05, 3.63) is 53.1 Å². The van der Waals surface area contributed by atoms with Crippen LogP contribution in [0.3, 0.4) is 0 Å². The van der Waals surface area contributed by atoms with Crippen molar-refractivity contribution >= 4 is 29.0 Å². The molecule has 0 heterocycles. The summed E-state index contributed by atoms with van der Waals surface area (Å²) in [6.07, 6.45) is 2.57. The number of phenolic OH excluding ortho intramolecular Hbond substituents is 1. The standard InChI is InChI=1S/C31H33N3O7/c1-34(2)25-20-12-16-11-19-18(15-5-3-4-14(10-15)13-33-17-6-7-17)8-9-21(35)23(19)26(36)22(16)28(38)31(20,41)29(39)24(27(25)37)30(32)40/h3-5,8-10,16-17,20,22,24-25,33,35,41H,6-7,11-13H2,1-2H3,(H2,32,40)/t16-,20-,22?,24?,25-,31-/m0/s1. The molecule has 0 aliphatic heterocycles. The fourth-order valence-corrected chi connectivity index (χ4v) is 7.27. The molecule has 4 aliphatic rings. The molecule has 41 heavy (non-hydrogen) atoms. The summed E-state index contributed by atoms with van der Waals surface area (Å²) in [5.74, 6) is -10.5. The van der Waals surface area contributed by atoms with Crippen LogP contribution in [-0.2, 0) is 32.1 Å². The predicted octanol–water partition coefficient (Wildman–Crippen LogP) is 0.786. The third-order valence-corrected chi connectivity index (χ3v) is 9.35. The van der Waals surface area contributed by atoms with E-state index in [1.807, 2.05) is 24.3 Å². The monoisotopic (exact) mass is 559 g/mol. The lowest BCUT2D eigenvalue weighted by Gasteiger charge is -2.52. The number of nitrogens with one attached hydrogen (secondary N) is 1. The second kappa shape index (κ2) is 9.68. The molecule has 10 nitrogen and oxygen atoms in total. The van der Waals surface area contributed by atoms with Gasteiger partial charge in [0.25, 0.3) is 0 Å². The van der Waals surface area contributed by atoms with Crippen LogP contribution in [0.2, 0.25) is 0 Å². The zero-order valence-electron chi connectivity index (χ0n) is 22.9. The van der Waals surface area contributed by atoms with Gasteiger partial charge in [-0.1, -0.05) is 24.3 Å².